The van der Waals surface area contributed by atoms with Crippen LogP contribution >= 0.6 is 0 Å². The lowest BCUT2D eigenvalue weighted by Gasteiger charge is -2.21. The summed E-state index contributed by atoms with van der Waals surface area (Å²) in [6.45, 7) is 10.7. The summed E-state index contributed by atoms with van der Waals surface area (Å²) in [6, 6.07) is 1.90. The molecule has 0 atom stereocenters. The van der Waals surface area contributed by atoms with Crippen molar-refractivity contribution >= 4 is 5.91 Å². The molecule has 19 heavy (non-hydrogen) atoms. The second kappa shape index (κ2) is 9.92. The summed E-state index contributed by atoms with van der Waals surface area (Å²) in [6.07, 6.45) is 4.68. The Morgan fingerprint density at radius 1 is 1.37 bits per heavy atom. The summed E-state index contributed by atoms with van der Waals surface area (Å²) >= 11 is 0. The van der Waals surface area contributed by atoms with Gasteiger partial charge in [-0.05, 0) is 6.92 Å². The van der Waals surface area contributed by atoms with Crippen LogP contribution in [-0.4, -0.2) is 53.6 Å². The number of aliphatic hydroxyl groups is 1. The molecule has 0 saturated heterocycles. The Bertz CT molecular complexity index is 373. The Balaban J connectivity index is 5.04. The molecule has 0 fully saturated rings. The Hall–Kier alpha value is -2.06. The summed E-state index contributed by atoms with van der Waals surface area (Å²) in [4.78, 5) is 15.4. The van der Waals surface area contributed by atoms with E-state index in [1.54, 1.807) is 17.1 Å². The zero-order valence-electron chi connectivity index (χ0n) is 11.4. The lowest BCUT2D eigenvalue weighted by atomic mass is 10.2. The maximum Gasteiger partial charge on any atom is 0.266 e. The third-order valence-electron chi connectivity index (χ3n) is 2.44. The van der Waals surface area contributed by atoms with E-state index in [1.807, 2.05) is 13.0 Å². The van der Waals surface area contributed by atoms with Crippen LogP contribution < -0.4 is 0 Å². The van der Waals surface area contributed by atoms with Crippen LogP contribution in [0, 0.1) is 11.3 Å². The Morgan fingerprint density at radius 3 is 2.32 bits per heavy atom. The van der Waals surface area contributed by atoms with E-state index in [2.05, 4.69) is 13.2 Å². The Labute approximate surface area is 114 Å². The molecular formula is C14H21N3O2. The predicted molar refractivity (Wildman–Crippen MR) is 75.0 cm³/mol. The van der Waals surface area contributed by atoms with E-state index in [0.717, 1.165) is 0 Å². The first-order chi connectivity index (χ1) is 9.14. The van der Waals surface area contributed by atoms with Gasteiger partial charge in [-0.1, -0.05) is 12.2 Å². The van der Waals surface area contributed by atoms with Crippen LogP contribution in [0.2, 0.25) is 0 Å². The van der Waals surface area contributed by atoms with Crippen LogP contribution in [0.15, 0.2) is 37.1 Å². The largest absolute Gasteiger partial charge is 0.395 e. The van der Waals surface area contributed by atoms with Gasteiger partial charge in [0.15, 0.2) is 0 Å². The molecule has 0 aliphatic carbocycles. The predicted octanol–water partition coefficient (Wildman–Crippen LogP) is 0.909. The number of hydrogen-bond acceptors (Lipinski definition) is 4. The van der Waals surface area contributed by atoms with E-state index >= 15 is 0 Å². The molecular weight excluding hydrogens is 242 g/mol. The summed E-state index contributed by atoms with van der Waals surface area (Å²) in [7, 11) is 0. The second-order valence-electron chi connectivity index (χ2n) is 3.79. The van der Waals surface area contributed by atoms with E-state index in [9.17, 15) is 4.79 Å². The van der Waals surface area contributed by atoms with Gasteiger partial charge in [0.1, 0.15) is 11.6 Å². The number of aliphatic hydroxyl groups excluding tert-OH is 1. The first-order valence-corrected chi connectivity index (χ1v) is 6.12. The van der Waals surface area contributed by atoms with Crippen molar-refractivity contribution in [3.05, 3.63) is 37.1 Å². The van der Waals surface area contributed by atoms with Gasteiger partial charge in [0.2, 0.25) is 0 Å². The van der Waals surface area contributed by atoms with E-state index in [-0.39, 0.29) is 18.1 Å². The van der Waals surface area contributed by atoms with Crippen molar-refractivity contribution in [3.8, 4) is 6.07 Å². The third kappa shape index (κ3) is 5.89. The molecule has 0 aromatic rings. The van der Waals surface area contributed by atoms with Crippen molar-refractivity contribution in [1.82, 2.24) is 9.80 Å². The van der Waals surface area contributed by atoms with Crippen molar-refractivity contribution in [1.29, 1.82) is 5.26 Å². The average Bonchev–Trinajstić information content (AvgIpc) is 2.42. The highest BCUT2D eigenvalue weighted by atomic mass is 16.3. The van der Waals surface area contributed by atoms with Gasteiger partial charge in [-0.25, -0.2) is 0 Å². The average molecular weight is 263 g/mol. The standard InChI is InChI=1S/C14H21N3O2/c1-4-7-17(8-5-2)14(19)13(11-15)12-16(6-3)9-10-18/h4-5,12,18H,1-2,6-10H2,3H3/b13-12-. The van der Waals surface area contributed by atoms with Gasteiger partial charge in [-0.3, -0.25) is 4.79 Å². The molecule has 104 valence electrons. The molecule has 5 nitrogen and oxygen atoms in total. The zero-order chi connectivity index (χ0) is 14.7. The first-order valence-electron chi connectivity index (χ1n) is 6.12. The quantitative estimate of drug-likeness (QED) is 0.381. The van der Waals surface area contributed by atoms with Crippen molar-refractivity contribution < 1.29 is 9.90 Å². The smallest absolute Gasteiger partial charge is 0.266 e. The number of likely N-dealkylation sites (N-methyl/N-ethyl adjacent to an activating group) is 1. The van der Waals surface area contributed by atoms with Crippen molar-refractivity contribution in [2.24, 2.45) is 0 Å². The molecule has 0 heterocycles. The van der Waals surface area contributed by atoms with E-state index in [4.69, 9.17) is 10.4 Å². The molecule has 0 spiro atoms. The number of hydrogen-bond donors (Lipinski definition) is 1. The lowest BCUT2D eigenvalue weighted by Crippen LogP contribution is -2.33. The topological polar surface area (TPSA) is 67.6 Å². The maximum absolute atomic E-state index is 12.2. The van der Waals surface area contributed by atoms with Crippen LogP contribution in [0.3, 0.4) is 0 Å². The highest BCUT2D eigenvalue weighted by molar-refractivity contribution is 5.97. The third-order valence-corrected chi connectivity index (χ3v) is 2.44. The molecule has 0 rings (SSSR count). The Kier molecular flexibility index (Phi) is 8.84. The van der Waals surface area contributed by atoms with Gasteiger partial charge in [-0.2, -0.15) is 5.26 Å². The lowest BCUT2D eigenvalue weighted by molar-refractivity contribution is -0.125. The molecule has 0 bridgehead atoms. The van der Waals surface area contributed by atoms with Gasteiger partial charge in [0.25, 0.3) is 5.91 Å². The van der Waals surface area contributed by atoms with E-state index < -0.39 is 0 Å². The van der Waals surface area contributed by atoms with E-state index in [0.29, 0.717) is 26.2 Å². The van der Waals surface area contributed by atoms with Gasteiger partial charge < -0.3 is 14.9 Å². The number of carbonyl (C=O) groups excluding carboxylic acids is 1. The Morgan fingerprint density at radius 2 is 1.95 bits per heavy atom. The van der Waals surface area contributed by atoms with Gasteiger partial charge >= 0.3 is 0 Å². The minimum Gasteiger partial charge on any atom is -0.395 e. The fourth-order valence-corrected chi connectivity index (χ4v) is 1.48. The molecule has 0 saturated carbocycles. The van der Waals surface area contributed by atoms with Gasteiger partial charge in [0.05, 0.1) is 6.61 Å². The summed E-state index contributed by atoms with van der Waals surface area (Å²) in [5.74, 6) is -0.362. The summed E-state index contributed by atoms with van der Waals surface area (Å²) < 4.78 is 0. The number of nitriles is 1. The number of carbonyl (C=O) groups is 1. The van der Waals surface area contributed by atoms with Crippen LogP contribution in [0.1, 0.15) is 6.92 Å². The molecule has 1 N–H and O–H groups in total. The molecule has 1 amide bonds. The normalized spacial score (nSPS) is 10.5. The summed E-state index contributed by atoms with van der Waals surface area (Å²) in [5.41, 5.74) is 0.0407. The summed E-state index contributed by atoms with van der Waals surface area (Å²) in [5, 5.41) is 18.0. The van der Waals surface area contributed by atoms with Gasteiger partial charge in [-0.15, -0.1) is 13.2 Å². The molecule has 0 radical (unpaired) electrons. The molecule has 5 heteroatoms. The monoisotopic (exact) mass is 263 g/mol. The van der Waals surface area contributed by atoms with Crippen molar-refractivity contribution in [2.45, 2.75) is 6.92 Å². The van der Waals surface area contributed by atoms with Crippen LogP contribution in [-0.2, 0) is 4.79 Å². The van der Waals surface area contributed by atoms with Crippen molar-refractivity contribution in [2.75, 3.05) is 32.8 Å². The number of nitrogens with zero attached hydrogens (tertiary/aromatic N) is 3. The zero-order valence-corrected chi connectivity index (χ0v) is 11.4. The molecule has 0 aromatic carbocycles. The van der Waals surface area contributed by atoms with Crippen LogP contribution in [0.25, 0.3) is 0 Å². The minimum atomic E-state index is -0.362. The van der Waals surface area contributed by atoms with E-state index in [1.165, 1.54) is 11.1 Å². The highest BCUT2D eigenvalue weighted by Crippen LogP contribution is 2.04. The molecule has 0 aliphatic rings. The maximum atomic E-state index is 12.2. The second-order valence-corrected chi connectivity index (χ2v) is 3.79. The fourth-order valence-electron chi connectivity index (χ4n) is 1.48. The SMILES string of the molecule is C=CCN(CC=C)C(=O)/C(C#N)=C\N(CC)CCO. The number of amides is 1. The first kappa shape index (κ1) is 16.9. The molecule has 0 unspecified atom stereocenters. The molecule has 0 aliphatic heterocycles. The van der Waals surface area contributed by atoms with Crippen LogP contribution in [0.5, 0.6) is 0 Å². The number of rotatable bonds is 9. The minimum absolute atomic E-state index is 0.0275. The van der Waals surface area contributed by atoms with Crippen molar-refractivity contribution in [3.63, 3.8) is 0 Å². The van der Waals surface area contributed by atoms with Crippen LogP contribution in [0.4, 0.5) is 0 Å². The van der Waals surface area contributed by atoms with Gasteiger partial charge in [0, 0.05) is 32.4 Å². The fraction of sp³-hybridized carbons (Fsp3) is 0.429. The molecule has 0 aromatic heterocycles. The highest BCUT2D eigenvalue weighted by Gasteiger charge is 2.16.